The summed E-state index contributed by atoms with van der Waals surface area (Å²) in [5.74, 6) is 0.240. The van der Waals surface area contributed by atoms with Gasteiger partial charge in [0.15, 0.2) is 0 Å². The maximum absolute atomic E-state index is 12.2. The van der Waals surface area contributed by atoms with E-state index in [-0.39, 0.29) is 29.6 Å². The van der Waals surface area contributed by atoms with Crippen molar-refractivity contribution in [3.8, 4) is 0 Å². The Balaban J connectivity index is 2.15. The van der Waals surface area contributed by atoms with Gasteiger partial charge in [0.05, 0.1) is 18.3 Å². The third-order valence-corrected chi connectivity index (χ3v) is 4.54. The van der Waals surface area contributed by atoms with Gasteiger partial charge in [0, 0.05) is 18.6 Å². The lowest BCUT2D eigenvalue weighted by atomic mass is 9.63. The molecule has 0 aromatic carbocycles. The fourth-order valence-electron chi connectivity index (χ4n) is 3.24. The summed E-state index contributed by atoms with van der Waals surface area (Å²) in [5.41, 5.74) is 0.0591. The molecule has 1 saturated heterocycles. The van der Waals surface area contributed by atoms with E-state index in [1.54, 1.807) is 7.11 Å². The fourth-order valence-corrected chi connectivity index (χ4v) is 3.24. The van der Waals surface area contributed by atoms with E-state index < -0.39 is 0 Å². The predicted octanol–water partition coefficient (Wildman–Crippen LogP) is 1.36. The molecule has 0 radical (unpaired) electrons. The zero-order chi connectivity index (χ0) is 12.8. The highest BCUT2D eigenvalue weighted by Crippen LogP contribution is 2.47. The van der Waals surface area contributed by atoms with Crippen LogP contribution in [-0.4, -0.2) is 42.3 Å². The average molecular weight is 240 g/mol. The van der Waals surface area contributed by atoms with Gasteiger partial charge in [-0.25, -0.2) is 0 Å². The normalized spacial score (nSPS) is 40.5. The predicted molar refractivity (Wildman–Crippen MR) is 66.5 cm³/mol. The molecule has 4 unspecified atom stereocenters. The van der Waals surface area contributed by atoms with Crippen molar-refractivity contribution in [1.82, 2.24) is 10.2 Å². The van der Waals surface area contributed by atoms with Gasteiger partial charge in [0.2, 0.25) is 5.91 Å². The number of amides is 1. The van der Waals surface area contributed by atoms with Crippen LogP contribution >= 0.6 is 0 Å². The highest BCUT2D eigenvalue weighted by atomic mass is 16.5. The lowest BCUT2D eigenvalue weighted by molar-refractivity contribution is -0.162. The Bertz CT molecular complexity index is 317. The molecule has 2 fully saturated rings. The Morgan fingerprint density at radius 3 is 2.65 bits per heavy atom. The third kappa shape index (κ3) is 1.78. The van der Waals surface area contributed by atoms with Gasteiger partial charge in [-0.1, -0.05) is 20.8 Å². The molecule has 0 bridgehead atoms. The van der Waals surface area contributed by atoms with Crippen LogP contribution in [0.2, 0.25) is 0 Å². The number of carbonyl (C=O) groups excluding carboxylic acids is 1. The molecule has 0 aromatic rings. The summed E-state index contributed by atoms with van der Waals surface area (Å²) in [7, 11) is 1.76. The Morgan fingerprint density at radius 1 is 1.53 bits per heavy atom. The lowest BCUT2D eigenvalue weighted by Gasteiger charge is -2.55. The van der Waals surface area contributed by atoms with Crippen LogP contribution in [0.1, 0.15) is 40.5 Å². The molecule has 0 aromatic heterocycles. The van der Waals surface area contributed by atoms with E-state index in [9.17, 15) is 4.79 Å². The molecule has 2 aliphatic rings. The van der Waals surface area contributed by atoms with Crippen LogP contribution in [0.15, 0.2) is 0 Å². The van der Waals surface area contributed by atoms with Crippen LogP contribution in [0.3, 0.4) is 0 Å². The number of nitrogens with zero attached hydrogens (tertiary/aromatic N) is 1. The number of hydrogen-bond donors (Lipinski definition) is 1. The SMILES string of the molecule is CCC1NC(C)C(=O)N1C1CC(OC)C1(C)C. The maximum atomic E-state index is 12.2. The zero-order valence-corrected chi connectivity index (χ0v) is 11.5. The molecule has 1 amide bonds. The quantitative estimate of drug-likeness (QED) is 0.810. The van der Waals surface area contributed by atoms with Gasteiger partial charge in [-0.2, -0.15) is 0 Å². The van der Waals surface area contributed by atoms with Crippen molar-refractivity contribution in [3.63, 3.8) is 0 Å². The molecule has 1 saturated carbocycles. The van der Waals surface area contributed by atoms with Crippen LogP contribution in [-0.2, 0) is 9.53 Å². The van der Waals surface area contributed by atoms with Gasteiger partial charge in [0.25, 0.3) is 0 Å². The van der Waals surface area contributed by atoms with Crippen LogP contribution in [0.4, 0.5) is 0 Å². The zero-order valence-electron chi connectivity index (χ0n) is 11.5. The molecule has 4 heteroatoms. The summed E-state index contributed by atoms with van der Waals surface area (Å²) in [6, 6.07) is 0.264. The summed E-state index contributed by atoms with van der Waals surface area (Å²) in [5, 5.41) is 3.36. The van der Waals surface area contributed by atoms with Crippen LogP contribution in [0, 0.1) is 5.41 Å². The Kier molecular flexibility index (Phi) is 3.21. The first-order valence-corrected chi connectivity index (χ1v) is 6.54. The van der Waals surface area contributed by atoms with Crippen molar-refractivity contribution in [2.24, 2.45) is 5.41 Å². The van der Waals surface area contributed by atoms with Crippen molar-refractivity contribution in [2.75, 3.05) is 7.11 Å². The van der Waals surface area contributed by atoms with Gasteiger partial charge in [-0.15, -0.1) is 0 Å². The standard InChI is InChI=1S/C13H24N2O2/c1-6-11-14-8(2)12(16)15(11)9-7-10(17-5)13(9,3)4/h8-11,14H,6-7H2,1-5H3. The molecule has 1 N–H and O–H groups in total. The molecule has 4 atom stereocenters. The average Bonchev–Trinajstić information content (AvgIpc) is 2.56. The minimum absolute atomic E-state index is 0.0441. The summed E-state index contributed by atoms with van der Waals surface area (Å²) >= 11 is 0. The second kappa shape index (κ2) is 4.25. The lowest BCUT2D eigenvalue weighted by Crippen LogP contribution is -2.64. The van der Waals surface area contributed by atoms with Gasteiger partial charge in [-0.3, -0.25) is 10.1 Å². The van der Waals surface area contributed by atoms with Crippen molar-refractivity contribution >= 4 is 5.91 Å². The van der Waals surface area contributed by atoms with E-state index in [4.69, 9.17) is 4.74 Å². The largest absolute Gasteiger partial charge is 0.381 e. The second-order valence-electron chi connectivity index (χ2n) is 5.86. The number of nitrogens with one attached hydrogen (secondary N) is 1. The van der Waals surface area contributed by atoms with E-state index in [2.05, 4.69) is 31.0 Å². The molecule has 1 aliphatic carbocycles. The maximum Gasteiger partial charge on any atom is 0.240 e. The topological polar surface area (TPSA) is 41.6 Å². The van der Waals surface area contributed by atoms with Crippen LogP contribution in [0.5, 0.6) is 0 Å². The minimum Gasteiger partial charge on any atom is -0.381 e. The summed E-state index contributed by atoms with van der Waals surface area (Å²) in [4.78, 5) is 14.3. The van der Waals surface area contributed by atoms with E-state index in [0.29, 0.717) is 6.04 Å². The summed E-state index contributed by atoms with van der Waals surface area (Å²) in [6.45, 7) is 8.45. The molecule has 4 nitrogen and oxygen atoms in total. The highest BCUT2D eigenvalue weighted by molar-refractivity contribution is 5.84. The first-order valence-electron chi connectivity index (χ1n) is 6.54. The van der Waals surface area contributed by atoms with E-state index in [1.165, 1.54) is 0 Å². The molecular weight excluding hydrogens is 216 g/mol. The molecule has 98 valence electrons. The van der Waals surface area contributed by atoms with E-state index in [0.717, 1.165) is 12.8 Å². The van der Waals surface area contributed by atoms with Gasteiger partial charge in [0.1, 0.15) is 0 Å². The Hall–Kier alpha value is -0.610. The molecule has 17 heavy (non-hydrogen) atoms. The van der Waals surface area contributed by atoms with Gasteiger partial charge >= 0.3 is 0 Å². The van der Waals surface area contributed by atoms with E-state index >= 15 is 0 Å². The number of methoxy groups -OCH3 is 1. The monoisotopic (exact) mass is 240 g/mol. The number of ether oxygens (including phenoxy) is 1. The Morgan fingerprint density at radius 2 is 2.18 bits per heavy atom. The highest BCUT2D eigenvalue weighted by Gasteiger charge is 2.55. The number of hydrogen-bond acceptors (Lipinski definition) is 3. The smallest absolute Gasteiger partial charge is 0.240 e. The van der Waals surface area contributed by atoms with Crippen LogP contribution in [0.25, 0.3) is 0 Å². The Labute approximate surface area is 104 Å². The summed E-state index contributed by atoms with van der Waals surface area (Å²) in [6.07, 6.45) is 2.38. The molecule has 1 aliphatic heterocycles. The van der Waals surface area contributed by atoms with Crippen LogP contribution < -0.4 is 5.32 Å². The van der Waals surface area contributed by atoms with Crippen molar-refractivity contribution in [3.05, 3.63) is 0 Å². The second-order valence-corrected chi connectivity index (χ2v) is 5.86. The van der Waals surface area contributed by atoms with E-state index in [1.807, 2.05) is 6.92 Å². The van der Waals surface area contributed by atoms with Gasteiger partial charge < -0.3 is 9.64 Å². The van der Waals surface area contributed by atoms with Crippen molar-refractivity contribution in [2.45, 2.75) is 64.9 Å². The molecule has 1 heterocycles. The number of carbonyl (C=O) groups is 1. The first kappa shape index (κ1) is 12.8. The number of rotatable bonds is 3. The molecule has 0 spiro atoms. The third-order valence-electron chi connectivity index (χ3n) is 4.54. The van der Waals surface area contributed by atoms with Crippen molar-refractivity contribution < 1.29 is 9.53 Å². The molecule has 2 rings (SSSR count). The van der Waals surface area contributed by atoms with Gasteiger partial charge in [-0.05, 0) is 19.8 Å². The molecular formula is C13H24N2O2. The first-order chi connectivity index (χ1) is 7.93. The summed E-state index contributed by atoms with van der Waals surface area (Å²) < 4.78 is 5.46. The van der Waals surface area contributed by atoms with Crippen molar-refractivity contribution in [1.29, 1.82) is 0 Å². The fraction of sp³-hybridized carbons (Fsp3) is 0.923. The minimum atomic E-state index is -0.0441.